The van der Waals surface area contributed by atoms with Crippen LogP contribution in [0.5, 0.6) is 0 Å². The van der Waals surface area contributed by atoms with Gasteiger partial charge in [0.15, 0.2) is 0 Å². The van der Waals surface area contributed by atoms with Crippen LogP contribution >= 0.6 is 0 Å². The number of aliphatic hydroxyl groups is 1. The molecule has 0 spiro atoms. The molecule has 0 aliphatic carbocycles. The van der Waals surface area contributed by atoms with Gasteiger partial charge >= 0.3 is 0 Å². The Morgan fingerprint density at radius 1 is 0.909 bits per heavy atom. The fourth-order valence-electron chi connectivity index (χ4n) is 3.64. The molecule has 1 rings (SSSR count). The lowest BCUT2D eigenvalue weighted by molar-refractivity contribution is -0.301. The lowest BCUT2D eigenvalue weighted by atomic mass is 9.80. The van der Waals surface area contributed by atoms with Crippen LogP contribution in [-0.4, -0.2) is 40.6 Å². The fourth-order valence-corrected chi connectivity index (χ4v) is 3.64. The van der Waals surface area contributed by atoms with Gasteiger partial charge in [-0.15, -0.1) is 10.3 Å². The van der Waals surface area contributed by atoms with Crippen molar-refractivity contribution in [3.05, 3.63) is 0 Å². The third kappa shape index (κ3) is 6.53. The average molecular weight is 314 g/mol. The van der Waals surface area contributed by atoms with Crippen molar-refractivity contribution in [2.45, 2.75) is 103 Å². The molecule has 0 amide bonds. The number of hydrogen-bond acceptors (Lipinski definition) is 3. The molecule has 0 saturated carbocycles. The van der Waals surface area contributed by atoms with Gasteiger partial charge in [0.1, 0.15) is 0 Å². The van der Waals surface area contributed by atoms with E-state index in [1.54, 1.807) is 0 Å². The highest BCUT2D eigenvalue weighted by atomic mass is 16.5. The fraction of sp³-hybridized carbons (Fsp3) is 1.00. The van der Waals surface area contributed by atoms with Crippen molar-refractivity contribution in [2.75, 3.05) is 13.2 Å². The minimum atomic E-state index is -0.334. The topological polar surface area (TPSA) is 52.6 Å². The summed E-state index contributed by atoms with van der Waals surface area (Å²) in [4.78, 5) is 0. The Hall–Kier alpha value is -0.160. The molecule has 4 nitrogen and oxygen atoms in total. The van der Waals surface area contributed by atoms with Crippen molar-refractivity contribution in [1.82, 2.24) is 5.06 Å². The van der Waals surface area contributed by atoms with E-state index in [9.17, 15) is 5.21 Å². The van der Waals surface area contributed by atoms with Gasteiger partial charge in [0.05, 0.1) is 6.10 Å². The summed E-state index contributed by atoms with van der Waals surface area (Å²) in [7, 11) is 0. The Morgan fingerprint density at radius 3 is 1.86 bits per heavy atom. The van der Waals surface area contributed by atoms with Crippen molar-refractivity contribution in [3.8, 4) is 0 Å². The van der Waals surface area contributed by atoms with Crippen LogP contribution in [0, 0.1) is 0 Å². The smallest absolute Gasteiger partial charge is 0.0611 e. The number of unbranched alkanes of at least 4 members (excludes halogenated alkanes) is 6. The molecule has 1 fully saturated rings. The normalized spacial score (nSPS) is 22.1. The quantitative estimate of drug-likeness (QED) is 0.618. The van der Waals surface area contributed by atoms with E-state index in [0.717, 1.165) is 38.7 Å². The van der Waals surface area contributed by atoms with Crippen LogP contribution in [-0.2, 0) is 9.94 Å². The number of piperidine rings is 1. The van der Waals surface area contributed by atoms with Gasteiger partial charge in [-0.3, -0.25) is 0 Å². The minimum Gasteiger partial charge on any atom is -0.396 e. The molecule has 1 aliphatic heterocycles. The molecule has 4 heteroatoms. The molecule has 1 heterocycles. The van der Waals surface area contributed by atoms with E-state index >= 15 is 0 Å². The maximum atomic E-state index is 12.3. The van der Waals surface area contributed by atoms with Crippen molar-refractivity contribution >= 4 is 0 Å². The van der Waals surface area contributed by atoms with Crippen molar-refractivity contribution < 1.29 is 15.1 Å². The first-order valence-electron chi connectivity index (χ1n) is 8.99. The van der Waals surface area contributed by atoms with Crippen LogP contribution in [0.2, 0.25) is 0 Å². The number of nitrogens with zero attached hydrogens (tertiary/aromatic N) is 1. The first-order valence-corrected chi connectivity index (χ1v) is 8.99. The lowest BCUT2D eigenvalue weighted by Gasteiger charge is -2.49. The van der Waals surface area contributed by atoms with Crippen molar-refractivity contribution in [1.29, 1.82) is 0 Å². The Labute approximate surface area is 136 Å². The van der Waals surface area contributed by atoms with Gasteiger partial charge in [0.25, 0.3) is 0 Å². The SMILES string of the molecule is CC1(C)CC(OCCCCCCCCCO)CC(C)(C)N1[O]. The summed E-state index contributed by atoms with van der Waals surface area (Å²) in [6.07, 6.45) is 10.00. The molecular weight excluding hydrogens is 278 g/mol. The highest BCUT2D eigenvalue weighted by Gasteiger charge is 2.46. The molecule has 22 heavy (non-hydrogen) atoms. The third-order valence-corrected chi connectivity index (χ3v) is 4.71. The van der Waals surface area contributed by atoms with Gasteiger partial charge in [-0.1, -0.05) is 32.1 Å². The second-order valence-corrected chi connectivity index (χ2v) is 8.02. The maximum absolute atomic E-state index is 12.3. The molecule has 1 aliphatic rings. The minimum absolute atomic E-state index is 0.208. The number of aliphatic hydroxyl groups excluding tert-OH is 1. The lowest BCUT2D eigenvalue weighted by Crippen LogP contribution is -2.59. The van der Waals surface area contributed by atoms with Gasteiger partial charge in [-0.05, 0) is 53.4 Å². The first-order chi connectivity index (χ1) is 10.3. The zero-order chi connectivity index (χ0) is 16.6. The largest absolute Gasteiger partial charge is 0.396 e. The summed E-state index contributed by atoms with van der Waals surface area (Å²) in [5.74, 6) is 0. The predicted molar refractivity (Wildman–Crippen MR) is 89.1 cm³/mol. The highest BCUT2D eigenvalue weighted by Crippen LogP contribution is 2.38. The molecule has 0 unspecified atom stereocenters. The van der Waals surface area contributed by atoms with Crippen LogP contribution in [0.25, 0.3) is 0 Å². The van der Waals surface area contributed by atoms with Gasteiger partial charge in [-0.2, -0.15) is 0 Å². The predicted octanol–water partition coefficient (Wildman–Crippen LogP) is 4.09. The highest BCUT2D eigenvalue weighted by molar-refractivity contribution is 4.96. The summed E-state index contributed by atoms with van der Waals surface area (Å²) < 4.78 is 6.05. The van der Waals surface area contributed by atoms with Crippen LogP contribution in [0.1, 0.15) is 85.5 Å². The maximum Gasteiger partial charge on any atom is 0.0611 e. The average Bonchev–Trinajstić information content (AvgIpc) is 2.42. The standard InChI is InChI=1S/C18H36NO3/c1-17(2)14-16(15-18(3,4)19(17)21)22-13-11-9-7-5-6-8-10-12-20/h16,20H,5-15H2,1-4H3. The van der Waals surface area contributed by atoms with E-state index in [4.69, 9.17) is 9.84 Å². The zero-order valence-electron chi connectivity index (χ0n) is 15.1. The Balaban J connectivity index is 2.12. The van der Waals surface area contributed by atoms with E-state index in [-0.39, 0.29) is 17.2 Å². The Bertz CT molecular complexity index is 287. The van der Waals surface area contributed by atoms with Crippen LogP contribution in [0.4, 0.5) is 0 Å². The van der Waals surface area contributed by atoms with Gasteiger partial charge < -0.3 is 9.84 Å². The van der Waals surface area contributed by atoms with Crippen molar-refractivity contribution in [2.24, 2.45) is 0 Å². The summed E-state index contributed by atoms with van der Waals surface area (Å²) >= 11 is 0. The van der Waals surface area contributed by atoms with Gasteiger partial charge in [0, 0.05) is 24.3 Å². The molecule has 0 atom stereocenters. The van der Waals surface area contributed by atoms with E-state index in [1.807, 2.05) is 27.7 Å². The molecule has 0 aromatic rings. The Morgan fingerprint density at radius 2 is 1.36 bits per heavy atom. The van der Waals surface area contributed by atoms with E-state index in [2.05, 4.69) is 0 Å². The third-order valence-electron chi connectivity index (χ3n) is 4.71. The zero-order valence-corrected chi connectivity index (χ0v) is 15.1. The van der Waals surface area contributed by atoms with Gasteiger partial charge in [0.2, 0.25) is 0 Å². The molecule has 0 aromatic carbocycles. The number of ether oxygens (including phenoxy) is 1. The summed E-state index contributed by atoms with van der Waals surface area (Å²) in [5, 5.41) is 22.3. The summed E-state index contributed by atoms with van der Waals surface area (Å²) in [5.41, 5.74) is -0.668. The summed E-state index contributed by atoms with van der Waals surface area (Å²) in [6.45, 7) is 9.20. The van der Waals surface area contributed by atoms with E-state index in [0.29, 0.717) is 6.61 Å². The van der Waals surface area contributed by atoms with E-state index < -0.39 is 0 Å². The number of hydrogen-bond donors (Lipinski definition) is 1. The van der Waals surface area contributed by atoms with Crippen LogP contribution < -0.4 is 0 Å². The van der Waals surface area contributed by atoms with Crippen molar-refractivity contribution in [3.63, 3.8) is 0 Å². The molecular formula is C18H36NO3. The number of hydroxylamine groups is 2. The molecule has 0 aromatic heterocycles. The molecule has 131 valence electrons. The van der Waals surface area contributed by atoms with E-state index in [1.165, 1.54) is 30.7 Å². The first kappa shape index (κ1) is 19.9. The van der Waals surface area contributed by atoms with Crippen LogP contribution in [0.3, 0.4) is 0 Å². The second kappa shape index (κ2) is 9.21. The second-order valence-electron chi connectivity index (χ2n) is 8.02. The van der Waals surface area contributed by atoms with Crippen LogP contribution in [0.15, 0.2) is 0 Å². The number of rotatable bonds is 10. The Kier molecular flexibility index (Phi) is 8.33. The molecule has 1 radical (unpaired) electrons. The van der Waals surface area contributed by atoms with Gasteiger partial charge in [-0.25, -0.2) is 0 Å². The monoisotopic (exact) mass is 314 g/mol. The summed E-state index contributed by atoms with van der Waals surface area (Å²) in [6, 6.07) is 0. The molecule has 1 N–H and O–H groups in total. The molecule has 1 saturated heterocycles. The molecule has 0 bridgehead atoms.